The fraction of sp³-hybridized carbons (Fsp3) is 0.111. The first-order chi connectivity index (χ1) is 7.41. The molecule has 0 unspecified atom stereocenters. The minimum absolute atomic E-state index is 0.100. The van der Waals surface area contributed by atoms with E-state index in [4.69, 9.17) is 14.3 Å². The molecule has 0 saturated carbocycles. The van der Waals surface area contributed by atoms with Crippen LogP contribution in [0.3, 0.4) is 0 Å². The molecule has 0 atom stereocenters. The summed E-state index contributed by atoms with van der Waals surface area (Å²) in [6, 6.07) is 3.97. The lowest BCUT2D eigenvalue weighted by Gasteiger charge is -2.01. The lowest BCUT2D eigenvalue weighted by molar-refractivity contribution is 0.373. The molecule has 0 amide bonds. The van der Waals surface area contributed by atoms with E-state index in [0.717, 1.165) is 0 Å². The van der Waals surface area contributed by atoms with Crippen molar-refractivity contribution in [3.05, 3.63) is 18.2 Å². The molecule has 1 aromatic carbocycles. The number of primary sulfonamides is 1. The number of ether oxygens (including phenoxy) is 1. The van der Waals surface area contributed by atoms with Gasteiger partial charge in [-0.15, -0.1) is 0 Å². The van der Waals surface area contributed by atoms with Crippen LogP contribution in [0.4, 0.5) is 0 Å². The maximum absolute atomic E-state index is 11.0. The van der Waals surface area contributed by atoms with Crippen LogP contribution in [-0.4, -0.2) is 20.6 Å². The van der Waals surface area contributed by atoms with Crippen molar-refractivity contribution < 1.29 is 22.7 Å². The first-order valence-electron chi connectivity index (χ1n) is 4.25. The Kier molecular flexibility index (Phi) is 2.28. The highest BCUT2D eigenvalue weighted by atomic mass is 32.2. The minimum atomic E-state index is -3.89. The van der Waals surface area contributed by atoms with Crippen LogP contribution in [-0.2, 0) is 10.0 Å². The Morgan fingerprint density at radius 2 is 2.06 bits per heavy atom. The zero-order valence-electron chi connectivity index (χ0n) is 8.30. The van der Waals surface area contributed by atoms with Crippen LogP contribution < -0.4 is 9.88 Å². The molecule has 0 radical (unpaired) electrons. The molecule has 0 bridgehead atoms. The highest BCUT2D eigenvalue weighted by Crippen LogP contribution is 2.33. The molecule has 7 heteroatoms. The molecule has 0 aliphatic heterocycles. The summed E-state index contributed by atoms with van der Waals surface area (Å²) in [5, 5.41) is 14.5. The smallest absolute Gasteiger partial charge is 0.271 e. The van der Waals surface area contributed by atoms with Crippen LogP contribution >= 0.6 is 0 Å². The number of phenolic OH excluding ortho intramolecular Hbond substituents is 1. The number of nitrogens with two attached hydrogens (primary N) is 1. The van der Waals surface area contributed by atoms with Crippen molar-refractivity contribution in [1.29, 1.82) is 0 Å². The number of benzene rings is 1. The molecule has 2 rings (SSSR count). The standard InChI is InChI=1S/C9H9NO5S/c1-14-8-4-7-5(2-6(8)11)3-9(15-7)16(10,12)13/h2-4,11H,1H3,(H2,10,12,13). The van der Waals surface area contributed by atoms with Crippen molar-refractivity contribution in [3.8, 4) is 11.5 Å². The summed E-state index contributed by atoms with van der Waals surface area (Å²) < 4.78 is 31.9. The molecule has 0 fully saturated rings. The fourth-order valence-corrected chi connectivity index (χ4v) is 1.83. The van der Waals surface area contributed by atoms with Gasteiger partial charge in [0.25, 0.3) is 10.0 Å². The van der Waals surface area contributed by atoms with Gasteiger partial charge in [0.2, 0.25) is 5.09 Å². The predicted molar refractivity (Wildman–Crippen MR) is 55.8 cm³/mol. The van der Waals surface area contributed by atoms with E-state index >= 15 is 0 Å². The molecule has 6 nitrogen and oxygen atoms in total. The summed E-state index contributed by atoms with van der Waals surface area (Å²) in [6.45, 7) is 0. The molecule has 3 N–H and O–H groups in total. The number of hydrogen-bond acceptors (Lipinski definition) is 5. The van der Waals surface area contributed by atoms with Gasteiger partial charge in [0.05, 0.1) is 7.11 Å². The molecule has 0 spiro atoms. The third-order valence-electron chi connectivity index (χ3n) is 2.08. The number of hydrogen-bond donors (Lipinski definition) is 2. The second-order valence-corrected chi connectivity index (χ2v) is 4.66. The predicted octanol–water partition coefficient (Wildman–Crippen LogP) is 0.794. The van der Waals surface area contributed by atoms with Crippen molar-refractivity contribution >= 4 is 21.0 Å². The van der Waals surface area contributed by atoms with Gasteiger partial charge in [0.15, 0.2) is 11.5 Å². The van der Waals surface area contributed by atoms with Gasteiger partial charge < -0.3 is 14.3 Å². The molecular weight excluding hydrogens is 234 g/mol. The molecule has 86 valence electrons. The summed E-state index contributed by atoms with van der Waals surface area (Å²) in [5.41, 5.74) is 0.277. The van der Waals surface area contributed by atoms with Crippen molar-refractivity contribution in [2.75, 3.05) is 7.11 Å². The van der Waals surface area contributed by atoms with E-state index < -0.39 is 10.0 Å². The SMILES string of the molecule is COc1cc2oc(S(N)(=O)=O)cc2cc1O. The van der Waals surface area contributed by atoms with Gasteiger partial charge in [0, 0.05) is 17.5 Å². The molecule has 0 aliphatic rings. The molecule has 16 heavy (non-hydrogen) atoms. The van der Waals surface area contributed by atoms with Gasteiger partial charge >= 0.3 is 0 Å². The average Bonchev–Trinajstić information content (AvgIpc) is 2.58. The van der Waals surface area contributed by atoms with Gasteiger partial charge in [0.1, 0.15) is 5.58 Å². The lowest BCUT2D eigenvalue weighted by atomic mass is 10.2. The van der Waals surface area contributed by atoms with E-state index in [1.807, 2.05) is 0 Å². The van der Waals surface area contributed by atoms with Gasteiger partial charge in [-0.3, -0.25) is 0 Å². The fourth-order valence-electron chi connectivity index (χ4n) is 1.34. The number of methoxy groups -OCH3 is 1. The number of sulfonamides is 1. The Morgan fingerprint density at radius 3 is 2.62 bits per heavy atom. The monoisotopic (exact) mass is 243 g/mol. The van der Waals surface area contributed by atoms with E-state index in [1.54, 1.807) is 0 Å². The second-order valence-electron chi connectivity index (χ2n) is 3.17. The summed E-state index contributed by atoms with van der Waals surface area (Å²) in [4.78, 5) is 0. The number of fused-ring (bicyclic) bond motifs is 1. The third kappa shape index (κ3) is 1.70. The normalized spacial score (nSPS) is 11.9. The largest absolute Gasteiger partial charge is 0.504 e. The molecular formula is C9H9NO5S. The second kappa shape index (κ2) is 3.39. The number of aromatic hydroxyl groups is 1. The topological polar surface area (TPSA) is 103 Å². The highest BCUT2D eigenvalue weighted by molar-refractivity contribution is 7.89. The number of rotatable bonds is 2. The molecule has 1 heterocycles. The van der Waals surface area contributed by atoms with Crippen molar-refractivity contribution in [2.45, 2.75) is 5.09 Å². The Bertz CT molecular complexity index is 643. The van der Waals surface area contributed by atoms with Gasteiger partial charge in [-0.1, -0.05) is 0 Å². The van der Waals surface area contributed by atoms with Crippen LogP contribution in [0.15, 0.2) is 27.7 Å². The van der Waals surface area contributed by atoms with Crippen molar-refractivity contribution in [3.63, 3.8) is 0 Å². The lowest BCUT2D eigenvalue weighted by Crippen LogP contribution is -2.10. The molecule has 2 aromatic rings. The maximum atomic E-state index is 11.0. The Hall–Kier alpha value is -1.73. The number of furan rings is 1. The van der Waals surface area contributed by atoms with Crippen molar-refractivity contribution in [1.82, 2.24) is 0 Å². The van der Waals surface area contributed by atoms with Crippen LogP contribution in [0.5, 0.6) is 11.5 Å². The summed E-state index contributed by atoms with van der Waals surface area (Å²) >= 11 is 0. The van der Waals surface area contributed by atoms with E-state index in [9.17, 15) is 13.5 Å². The quantitative estimate of drug-likeness (QED) is 0.811. The molecule has 1 aromatic heterocycles. The van der Waals surface area contributed by atoms with Gasteiger partial charge in [-0.25, -0.2) is 13.6 Å². The zero-order valence-corrected chi connectivity index (χ0v) is 9.11. The van der Waals surface area contributed by atoms with E-state index in [0.29, 0.717) is 5.39 Å². The van der Waals surface area contributed by atoms with Gasteiger partial charge in [-0.05, 0) is 6.07 Å². The van der Waals surface area contributed by atoms with Crippen LogP contribution in [0, 0.1) is 0 Å². The van der Waals surface area contributed by atoms with Crippen LogP contribution in [0.25, 0.3) is 11.0 Å². The first-order valence-corrected chi connectivity index (χ1v) is 5.80. The molecule has 0 saturated heterocycles. The van der Waals surface area contributed by atoms with Crippen molar-refractivity contribution in [2.24, 2.45) is 5.14 Å². The Morgan fingerprint density at radius 1 is 1.38 bits per heavy atom. The van der Waals surface area contributed by atoms with Gasteiger partial charge in [-0.2, -0.15) is 0 Å². The van der Waals surface area contributed by atoms with E-state index in [2.05, 4.69) is 0 Å². The van der Waals surface area contributed by atoms with E-state index in [-0.39, 0.29) is 22.2 Å². The Labute approximate surface area is 91.3 Å². The minimum Gasteiger partial charge on any atom is -0.504 e. The first kappa shape index (κ1) is 10.8. The van der Waals surface area contributed by atoms with Crippen LogP contribution in [0.2, 0.25) is 0 Å². The summed E-state index contributed by atoms with van der Waals surface area (Å²) in [7, 11) is -2.51. The molecule has 0 aliphatic carbocycles. The number of phenols is 1. The average molecular weight is 243 g/mol. The Balaban J connectivity index is 2.72. The summed E-state index contributed by atoms with van der Waals surface area (Å²) in [6.07, 6.45) is 0. The maximum Gasteiger partial charge on any atom is 0.271 e. The highest BCUT2D eigenvalue weighted by Gasteiger charge is 2.16. The third-order valence-corrected chi connectivity index (χ3v) is 2.84. The van der Waals surface area contributed by atoms with E-state index in [1.165, 1.54) is 25.3 Å². The zero-order chi connectivity index (χ0) is 11.9. The van der Waals surface area contributed by atoms with Crippen LogP contribution in [0.1, 0.15) is 0 Å². The summed E-state index contributed by atoms with van der Waals surface area (Å²) in [5.74, 6) is 0.0968.